The number of rotatable bonds is 5. The molecule has 0 aromatic heterocycles. The second-order valence-electron chi connectivity index (χ2n) is 4.94. The molecule has 1 aliphatic rings. The molecule has 1 amide bonds. The molecule has 3 N–H and O–H groups in total. The van der Waals surface area contributed by atoms with Gasteiger partial charge in [-0.3, -0.25) is 4.79 Å². The van der Waals surface area contributed by atoms with Crippen molar-refractivity contribution in [3.05, 3.63) is 0 Å². The molecule has 0 saturated heterocycles. The average Bonchev–Trinajstić information content (AvgIpc) is 2.37. The smallest absolute Gasteiger partial charge is 0.383 e. The number of alkyl halides is 3. The average molecular weight is 282 g/mol. The zero-order valence-electron chi connectivity index (χ0n) is 11.0. The van der Waals surface area contributed by atoms with Crippen molar-refractivity contribution in [1.82, 2.24) is 5.32 Å². The van der Waals surface area contributed by atoms with E-state index in [0.717, 1.165) is 0 Å². The van der Waals surface area contributed by atoms with Gasteiger partial charge in [0.05, 0.1) is 18.6 Å². The molecule has 1 aliphatic carbocycles. The molecule has 0 spiro atoms. The maximum Gasteiger partial charge on any atom is 0.392 e. The maximum atomic E-state index is 12.9. The van der Waals surface area contributed by atoms with E-state index in [1.807, 2.05) is 0 Å². The SMILES string of the molecule is COCC(CN)NC(=O)C1CCCCC1C(F)(F)F. The molecule has 0 heterocycles. The Balaban J connectivity index is 2.66. The van der Waals surface area contributed by atoms with E-state index in [4.69, 9.17) is 10.5 Å². The predicted octanol–water partition coefficient (Wildman–Crippen LogP) is 1.45. The molecule has 7 heteroatoms. The van der Waals surface area contributed by atoms with E-state index >= 15 is 0 Å². The summed E-state index contributed by atoms with van der Waals surface area (Å²) in [6.45, 7) is 0.342. The third-order valence-corrected chi connectivity index (χ3v) is 3.52. The van der Waals surface area contributed by atoms with E-state index < -0.39 is 30.0 Å². The maximum absolute atomic E-state index is 12.9. The fraction of sp³-hybridized carbons (Fsp3) is 0.917. The normalized spacial score (nSPS) is 25.9. The number of nitrogens with one attached hydrogen (secondary N) is 1. The fourth-order valence-electron chi connectivity index (χ4n) is 2.51. The van der Waals surface area contributed by atoms with Gasteiger partial charge in [-0.25, -0.2) is 0 Å². The molecule has 3 atom stereocenters. The molecular formula is C12H21F3N2O2. The van der Waals surface area contributed by atoms with Crippen LogP contribution < -0.4 is 11.1 Å². The Bertz CT molecular complexity index is 297. The zero-order chi connectivity index (χ0) is 14.5. The van der Waals surface area contributed by atoms with Crippen LogP contribution in [0.25, 0.3) is 0 Å². The van der Waals surface area contributed by atoms with Gasteiger partial charge < -0.3 is 15.8 Å². The van der Waals surface area contributed by atoms with Crippen LogP contribution in [0.2, 0.25) is 0 Å². The van der Waals surface area contributed by atoms with Gasteiger partial charge in [-0.1, -0.05) is 12.8 Å². The van der Waals surface area contributed by atoms with Crippen LogP contribution >= 0.6 is 0 Å². The Kier molecular flexibility index (Phi) is 6.06. The Hall–Kier alpha value is -0.820. The number of carbonyl (C=O) groups is 1. The molecule has 0 aromatic carbocycles. The first-order valence-corrected chi connectivity index (χ1v) is 6.46. The summed E-state index contributed by atoms with van der Waals surface area (Å²) >= 11 is 0. The Morgan fingerprint density at radius 1 is 1.42 bits per heavy atom. The summed E-state index contributed by atoms with van der Waals surface area (Å²) in [5.41, 5.74) is 5.44. The number of amides is 1. The first kappa shape index (κ1) is 16.2. The van der Waals surface area contributed by atoms with Gasteiger partial charge in [-0.15, -0.1) is 0 Å². The molecule has 112 valence electrons. The Morgan fingerprint density at radius 3 is 2.58 bits per heavy atom. The van der Waals surface area contributed by atoms with Gasteiger partial charge in [0.1, 0.15) is 0 Å². The first-order chi connectivity index (χ1) is 8.90. The highest BCUT2D eigenvalue weighted by atomic mass is 19.4. The summed E-state index contributed by atoms with van der Waals surface area (Å²) in [5, 5.41) is 2.55. The number of carbonyl (C=O) groups excluding carboxylic acids is 1. The summed E-state index contributed by atoms with van der Waals surface area (Å²) in [5.74, 6) is -3.10. The highest BCUT2D eigenvalue weighted by Crippen LogP contribution is 2.41. The fourth-order valence-corrected chi connectivity index (χ4v) is 2.51. The van der Waals surface area contributed by atoms with Gasteiger partial charge in [-0.05, 0) is 12.8 Å². The third kappa shape index (κ3) is 4.65. The molecule has 1 saturated carbocycles. The van der Waals surface area contributed by atoms with Crippen molar-refractivity contribution >= 4 is 5.91 Å². The number of hydrogen-bond acceptors (Lipinski definition) is 3. The molecule has 0 bridgehead atoms. The van der Waals surface area contributed by atoms with Crippen LogP contribution in [0.4, 0.5) is 13.2 Å². The highest BCUT2D eigenvalue weighted by molar-refractivity contribution is 5.79. The summed E-state index contributed by atoms with van der Waals surface area (Å²) < 4.78 is 43.5. The summed E-state index contributed by atoms with van der Waals surface area (Å²) in [6.07, 6.45) is -2.84. The van der Waals surface area contributed by atoms with E-state index in [1.54, 1.807) is 0 Å². The van der Waals surface area contributed by atoms with Crippen molar-refractivity contribution in [1.29, 1.82) is 0 Å². The van der Waals surface area contributed by atoms with Gasteiger partial charge in [0.15, 0.2) is 0 Å². The summed E-state index contributed by atoms with van der Waals surface area (Å²) in [7, 11) is 1.45. The number of halogens is 3. The lowest BCUT2D eigenvalue weighted by Gasteiger charge is -2.33. The van der Waals surface area contributed by atoms with Crippen LogP contribution in [0.15, 0.2) is 0 Å². The third-order valence-electron chi connectivity index (χ3n) is 3.52. The van der Waals surface area contributed by atoms with Crippen molar-refractivity contribution in [2.45, 2.75) is 37.9 Å². The molecule has 3 unspecified atom stereocenters. The van der Waals surface area contributed by atoms with Gasteiger partial charge in [-0.2, -0.15) is 13.2 Å². The molecule has 1 fully saturated rings. The monoisotopic (exact) mass is 282 g/mol. The number of methoxy groups -OCH3 is 1. The predicted molar refractivity (Wildman–Crippen MR) is 64.4 cm³/mol. The topological polar surface area (TPSA) is 64.3 Å². The van der Waals surface area contributed by atoms with Gasteiger partial charge in [0, 0.05) is 19.6 Å². The molecule has 0 aromatic rings. The van der Waals surface area contributed by atoms with Gasteiger partial charge in [0.25, 0.3) is 0 Å². The summed E-state index contributed by atoms with van der Waals surface area (Å²) in [4.78, 5) is 12.0. The summed E-state index contributed by atoms with van der Waals surface area (Å²) in [6, 6.07) is -0.437. The van der Waals surface area contributed by atoms with Crippen LogP contribution in [-0.4, -0.2) is 38.4 Å². The van der Waals surface area contributed by atoms with E-state index in [1.165, 1.54) is 7.11 Å². The minimum atomic E-state index is -4.32. The quantitative estimate of drug-likeness (QED) is 0.802. The first-order valence-electron chi connectivity index (χ1n) is 6.46. The van der Waals surface area contributed by atoms with Crippen LogP contribution in [0.3, 0.4) is 0 Å². The van der Waals surface area contributed by atoms with Gasteiger partial charge >= 0.3 is 6.18 Å². The zero-order valence-corrected chi connectivity index (χ0v) is 11.0. The van der Waals surface area contributed by atoms with E-state index in [-0.39, 0.29) is 26.0 Å². The Morgan fingerprint density at radius 2 is 2.05 bits per heavy atom. The minimum Gasteiger partial charge on any atom is -0.383 e. The van der Waals surface area contributed by atoms with Crippen LogP contribution in [0.1, 0.15) is 25.7 Å². The second-order valence-corrected chi connectivity index (χ2v) is 4.94. The lowest BCUT2D eigenvalue weighted by atomic mass is 9.78. The van der Waals surface area contributed by atoms with E-state index in [0.29, 0.717) is 12.8 Å². The molecule has 4 nitrogen and oxygen atoms in total. The molecule has 0 aliphatic heterocycles. The van der Waals surface area contributed by atoms with Crippen molar-refractivity contribution in [2.24, 2.45) is 17.6 Å². The van der Waals surface area contributed by atoms with E-state index in [9.17, 15) is 18.0 Å². The number of nitrogens with two attached hydrogens (primary N) is 1. The van der Waals surface area contributed by atoms with Crippen LogP contribution in [0.5, 0.6) is 0 Å². The molecule has 1 rings (SSSR count). The lowest BCUT2D eigenvalue weighted by molar-refractivity contribution is -0.198. The van der Waals surface area contributed by atoms with Crippen LogP contribution in [-0.2, 0) is 9.53 Å². The second kappa shape index (κ2) is 7.09. The number of hydrogen-bond donors (Lipinski definition) is 2. The standard InChI is InChI=1S/C12H21F3N2O2/c1-19-7-8(6-16)17-11(18)9-4-2-3-5-10(9)12(13,14)15/h8-10H,2-7,16H2,1H3,(H,17,18). The van der Waals surface area contributed by atoms with E-state index in [2.05, 4.69) is 5.32 Å². The lowest BCUT2D eigenvalue weighted by Crippen LogP contribution is -2.49. The van der Waals surface area contributed by atoms with Crippen molar-refractivity contribution in [3.63, 3.8) is 0 Å². The number of ether oxygens (including phenoxy) is 1. The minimum absolute atomic E-state index is 0.0269. The van der Waals surface area contributed by atoms with Crippen molar-refractivity contribution in [3.8, 4) is 0 Å². The largest absolute Gasteiger partial charge is 0.392 e. The molecule has 0 radical (unpaired) electrons. The Labute approximate surface area is 110 Å². The van der Waals surface area contributed by atoms with Crippen molar-refractivity contribution < 1.29 is 22.7 Å². The molecular weight excluding hydrogens is 261 g/mol. The highest BCUT2D eigenvalue weighted by Gasteiger charge is 2.48. The van der Waals surface area contributed by atoms with Crippen molar-refractivity contribution in [2.75, 3.05) is 20.3 Å². The van der Waals surface area contributed by atoms with Crippen LogP contribution in [0, 0.1) is 11.8 Å². The molecule has 19 heavy (non-hydrogen) atoms. The van der Waals surface area contributed by atoms with Gasteiger partial charge in [0.2, 0.25) is 5.91 Å².